The summed E-state index contributed by atoms with van der Waals surface area (Å²) in [5, 5.41) is 0. The van der Waals surface area contributed by atoms with Crippen LogP contribution in [0.3, 0.4) is 0 Å². The number of hydrogen-bond donors (Lipinski definition) is 0. The van der Waals surface area contributed by atoms with Crippen LogP contribution in [0.25, 0.3) is 0 Å². The van der Waals surface area contributed by atoms with Crippen molar-refractivity contribution in [3.8, 4) is 0 Å². The smallest absolute Gasteiger partial charge is 0.0353 e. The minimum Gasteiger partial charge on any atom is -0.378 e. The lowest BCUT2D eigenvalue weighted by atomic mass is 9.71. The molecule has 0 amide bonds. The van der Waals surface area contributed by atoms with E-state index in [9.17, 15) is 0 Å². The predicted molar refractivity (Wildman–Crippen MR) is 233 cm³/mol. The third-order valence-corrected chi connectivity index (χ3v) is 14.0. The quantitative estimate of drug-likeness (QED) is 0.123. The molecule has 288 valence electrons. The van der Waals surface area contributed by atoms with Gasteiger partial charge >= 0.3 is 0 Å². The molecule has 2 aliphatic heterocycles. The van der Waals surface area contributed by atoms with Gasteiger partial charge in [0.25, 0.3) is 0 Å². The highest BCUT2D eigenvalue weighted by Gasteiger charge is 2.34. The molecule has 0 N–H and O–H groups in total. The monoisotopic (exact) mass is 717 g/mol. The van der Waals surface area contributed by atoms with Gasteiger partial charge in [-0.2, -0.15) is 0 Å². The Hall–Kier alpha value is -1.89. The molecule has 2 unspecified atom stereocenters. The maximum atomic E-state index is 3.86. The van der Waals surface area contributed by atoms with Crippen LogP contribution in [0.4, 0.5) is 0 Å². The Bertz CT molecular complexity index is 1330. The SMILES string of the molecule is C=C1CCCN1C.C=CCCCN(C)C1CC(C)(C)Cc2ccc(C)cc21.CCC(C)(C)CC.Cc1ccc(C)c(CC(CP2CC2)C(C)C)c1. The van der Waals surface area contributed by atoms with Crippen molar-refractivity contribution in [2.75, 3.05) is 45.7 Å². The standard InChI is InChI=1S/C19H29N.C16H25P.C7H16.C6H11N/c1-6-7-8-11-20(5)18-14-19(3,4)13-16-10-9-15(2)12-17(16)18;1-12(2)16(11-17-7-8-17)10-15-9-13(3)5-6-14(15)4;1-5-7(3,4)6-2;1-6-4-3-5-7(6)2/h6,9-10,12,18H,1,7-8,11,13-14H2,2-5H3;5-6,9,12,16H,7-8,10-11H2,1-4H3;5-6H2,1-4H3;1,3-5H2,2H3. The number of benzene rings is 2. The van der Waals surface area contributed by atoms with E-state index < -0.39 is 0 Å². The maximum absolute atomic E-state index is 3.86. The highest BCUT2D eigenvalue weighted by molar-refractivity contribution is 7.65. The summed E-state index contributed by atoms with van der Waals surface area (Å²) in [5.74, 6) is 1.74. The fourth-order valence-corrected chi connectivity index (χ4v) is 9.10. The van der Waals surface area contributed by atoms with Crippen LogP contribution in [0.15, 0.2) is 61.3 Å². The second kappa shape index (κ2) is 21.7. The van der Waals surface area contributed by atoms with Crippen molar-refractivity contribution in [1.29, 1.82) is 0 Å². The highest BCUT2D eigenvalue weighted by atomic mass is 31.1. The van der Waals surface area contributed by atoms with Crippen LogP contribution >= 0.6 is 7.92 Å². The Morgan fingerprint density at radius 1 is 1.02 bits per heavy atom. The zero-order chi connectivity index (χ0) is 38.4. The molecule has 0 bridgehead atoms. The van der Waals surface area contributed by atoms with Crippen LogP contribution in [0.1, 0.15) is 140 Å². The van der Waals surface area contributed by atoms with Gasteiger partial charge in [-0.3, -0.25) is 4.90 Å². The predicted octanol–water partition coefficient (Wildman–Crippen LogP) is 13.6. The van der Waals surface area contributed by atoms with E-state index in [2.05, 4.69) is 150 Å². The van der Waals surface area contributed by atoms with Crippen LogP contribution in [0.2, 0.25) is 0 Å². The summed E-state index contributed by atoms with van der Waals surface area (Å²) in [6.07, 6.45) is 17.8. The Morgan fingerprint density at radius 3 is 2.14 bits per heavy atom. The van der Waals surface area contributed by atoms with Gasteiger partial charge in [0.15, 0.2) is 0 Å². The molecule has 2 aromatic rings. The first-order valence-electron chi connectivity index (χ1n) is 20.5. The van der Waals surface area contributed by atoms with Crippen molar-refractivity contribution in [3.63, 3.8) is 0 Å². The summed E-state index contributed by atoms with van der Waals surface area (Å²) in [6, 6.07) is 14.5. The van der Waals surface area contributed by atoms with Gasteiger partial charge in [0.1, 0.15) is 0 Å². The zero-order valence-corrected chi connectivity index (χ0v) is 36.8. The summed E-state index contributed by atoms with van der Waals surface area (Å²) in [4.78, 5) is 4.75. The van der Waals surface area contributed by atoms with Crippen molar-refractivity contribution in [1.82, 2.24) is 9.80 Å². The Kier molecular flexibility index (Phi) is 19.3. The second-order valence-corrected chi connectivity index (χ2v) is 20.7. The molecule has 3 heteroatoms. The number of hydrogen-bond acceptors (Lipinski definition) is 2. The van der Waals surface area contributed by atoms with E-state index in [0.717, 1.165) is 24.8 Å². The number of likely N-dealkylation sites (tertiary alicyclic amines) is 1. The lowest BCUT2D eigenvalue weighted by molar-refractivity contribution is 0.152. The van der Waals surface area contributed by atoms with E-state index in [1.54, 1.807) is 29.0 Å². The molecular weight excluding hydrogens is 636 g/mol. The van der Waals surface area contributed by atoms with Gasteiger partial charge in [0.2, 0.25) is 0 Å². The van der Waals surface area contributed by atoms with E-state index in [-0.39, 0.29) is 0 Å². The van der Waals surface area contributed by atoms with Gasteiger partial charge in [0.05, 0.1) is 0 Å². The van der Waals surface area contributed by atoms with E-state index >= 15 is 0 Å². The third-order valence-electron chi connectivity index (χ3n) is 11.9. The average Bonchev–Trinajstić information content (AvgIpc) is 3.83. The number of allylic oxidation sites excluding steroid dienone is 2. The minimum absolute atomic E-state index is 0.402. The van der Waals surface area contributed by atoms with Gasteiger partial charge in [0, 0.05) is 25.3 Å². The van der Waals surface area contributed by atoms with Crippen LogP contribution < -0.4 is 0 Å². The van der Waals surface area contributed by atoms with E-state index in [0.29, 0.717) is 24.8 Å². The Balaban J connectivity index is 0.000000260. The molecule has 2 saturated heterocycles. The highest BCUT2D eigenvalue weighted by Crippen LogP contribution is 2.52. The molecule has 2 aromatic carbocycles. The Morgan fingerprint density at radius 2 is 1.65 bits per heavy atom. The van der Waals surface area contributed by atoms with Crippen LogP contribution in [-0.2, 0) is 12.8 Å². The number of nitrogens with zero attached hydrogens (tertiary/aromatic N) is 2. The zero-order valence-electron chi connectivity index (χ0n) is 35.9. The van der Waals surface area contributed by atoms with Gasteiger partial charge < -0.3 is 4.90 Å². The van der Waals surface area contributed by atoms with Crippen LogP contribution in [0, 0.1) is 43.4 Å². The summed E-state index contributed by atoms with van der Waals surface area (Å²) in [7, 11) is 4.84. The molecule has 0 saturated carbocycles. The van der Waals surface area contributed by atoms with Crippen molar-refractivity contribution >= 4 is 7.92 Å². The summed E-state index contributed by atoms with van der Waals surface area (Å²) in [5.41, 5.74) is 11.2. The van der Waals surface area contributed by atoms with Gasteiger partial charge in [-0.15, -0.1) is 14.5 Å². The number of fused-ring (bicyclic) bond motifs is 1. The van der Waals surface area contributed by atoms with Crippen molar-refractivity contribution in [2.45, 2.75) is 140 Å². The van der Waals surface area contributed by atoms with Gasteiger partial charge in [-0.05, 0) is 143 Å². The third kappa shape index (κ3) is 16.8. The molecule has 0 radical (unpaired) electrons. The molecule has 51 heavy (non-hydrogen) atoms. The molecule has 3 aliphatic rings. The topological polar surface area (TPSA) is 6.48 Å². The van der Waals surface area contributed by atoms with Crippen molar-refractivity contribution in [2.24, 2.45) is 22.7 Å². The molecule has 1 aliphatic carbocycles. The van der Waals surface area contributed by atoms with Crippen LogP contribution in [0.5, 0.6) is 0 Å². The molecule has 0 spiro atoms. The van der Waals surface area contributed by atoms with E-state index in [4.69, 9.17) is 0 Å². The molecule has 2 heterocycles. The molecule has 2 atom stereocenters. The fraction of sp³-hybridized carbons (Fsp3) is 0.667. The van der Waals surface area contributed by atoms with E-state index in [1.165, 1.54) is 86.5 Å². The second-order valence-electron chi connectivity index (χ2n) is 18.1. The summed E-state index contributed by atoms with van der Waals surface area (Å²) in [6.45, 7) is 35.4. The molecular formula is C48H81N2P. The van der Waals surface area contributed by atoms with Crippen molar-refractivity contribution in [3.05, 3.63) is 94.7 Å². The first kappa shape index (κ1) is 45.3. The maximum Gasteiger partial charge on any atom is 0.0353 e. The summed E-state index contributed by atoms with van der Waals surface area (Å²) < 4.78 is 0. The number of rotatable bonds is 12. The lowest BCUT2D eigenvalue weighted by Crippen LogP contribution is -2.35. The van der Waals surface area contributed by atoms with Gasteiger partial charge in [-0.25, -0.2) is 0 Å². The van der Waals surface area contributed by atoms with Gasteiger partial charge in [-0.1, -0.05) is 128 Å². The Labute approximate surface area is 319 Å². The average molecular weight is 717 g/mol. The molecule has 2 nitrogen and oxygen atoms in total. The molecule has 5 rings (SSSR count). The normalized spacial score (nSPS) is 18.5. The minimum atomic E-state index is 0.402. The first-order valence-corrected chi connectivity index (χ1v) is 22.4. The fourth-order valence-electron chi connectivity index (χ4n) is 6.96. The van der Waals surface area contributed by atoms with E-state index in [1.807, 2.05) is 6.08 Å². The number of aryl methyl sites for hydroxylation is 3. The largest absolute Gasteiger partial charge is 0.378 e. The number of unbranched alkanes of at least 4 members (excludes halogenated alkanes) is 1. The lowest BCUT2D eigenvalue weighted by Gasteiger charge is -2.41. The molecule has 0 aromatic heterocycles. The summed E-state index contributed by atoms with van der Waals surface area (Å²) >= 11 is 0. The molecule has 2 fully saturated rings. The van der Waals surface area contributed by atoms with Crippen molar-refractivity contribution < 1.29 is 0 Å². The first-order chi connectivity index (χ1) is 23.9. The van der Waals surface area contributed by atoms with Crippen LogP contribution in [-0.4, -0.2) is 55.5 Å².